The van der Waals surface area contributed by atoms with E-state index in [0.717, 1.165) is 81.8 Å². The molecule has 2 amide bonds. The number of allylic oxidation sites excluding steroid dienone is 2. The third-order valence-electron chi connectivity index (χ3n) is 14.2. The molecular weight excluding hydrogens is 857 g/mol. The molecule has 0 spiro atoms. The number of carbonyl (C=O) groups excluding carboxylic acids is 4. The van der Waals surface area contributed by atoms with Gasteiger partial charge in [0.15, 0.2) is 0 Å². The molecule has 4 heterocycles. The van der Waals surface area contributed by atoms with Gasteiger partial charge in [-0.3, -0.25) is 9.59 Å². The number of fused-ring (bicyclic) bond motifs is 6. The Bertz CT molecular complexity index is 1870. The SMILES string of the molecule is CN(C)CC1C(=O)O[C@H]2[C@H]1CC/C(COC(=O)NCCCCCCCCNC(=O)OC/C1=C/CC[C@@]3(C)O[C@H]3[C@H]3OC(=O)C(CN(C)C/C(=C\C(=O)O)C(=O)O)[C@@H]3CC1)=C\CC[C@@]1(C)O[C@@H]21. The zero-order valence-corrected chi connectivity index (χ0v) is 39.4. The van der Waals surface area contributed by atoms with Gasteiger partial charge in [-0.05, 0) is 110 Å². The van der Waals surface area contributed by atoms with E-state index in [0.29, 0.717) is 45.0 Å². The Hall–Kier alpha value is -4.52. The third kappa shape index (κ3) is 14.0. The van der Waals surface area contributed by atoms with Gasteiger partial charge >= 0.3 is 36.1 Å². The molecule has 18 heteroatoms. The fourth-order valence-electron chi connectivity index (χ4n) is 10.4. The number of carbonyl (C=O) groups is 6. The average molecular weight is 929 g/mol. The number of carboxylic acid groups (broad SMARTS) is 2. The number of alkyl carbamates (subject to hydrolysis) is 2. The van der Waals surface area contributed by atoms with Crippen LogP contribution in [0.25, 0.3) is 0 Å². The van der Waals surface area contributed by atoms with E-state index in [2.05, 4.69) is 29.7 Å². The second-order valence-electron chi connectivity index (χ2n) is 19.8. The lowest BCUT2D eigenvalue weighted by Gasteiger charge is -2.26. The summed E-state index contributed by atoms with van der Waals surface area (Å²) in [6, 6.07) is 0. The van der Waals surface area contributed by atoms with Crippen LogP contribution in [0, 0.1) is 23.7 Å². The minimum atomic E-state index is -1.36. The summed E-state index contributed by atoms with van der Waals surface area (Å²) in [4.78, 5) is 77.6. The highest BCUT2D eigenvalue weighted by Crippen LogP contribution is 2.51. The Labute approximate surface area is 388 Å². The molecule has 0 bridgehead atoms. The second-order valence-corrected chi connectivity index (χ2v) is 19.8. The van der Waals surface area contributed by atoms with Gasteiger partial charge in [0.2, 0.25) is 0 Å². The molecule has 18 nitrogen and oxygen atoms in total. The first-order valence-corrected chi connectivity index (χ1v) is 23.9. The standard InChI is InChI=1S/C48H72N4O14/c1-47-20-12-14-30(16-18-33-35(26-51(3)4)43(57)63-38(33)40(47)65-47)28-61-45(59)49-22-10-8-6-7-9-11-23-50-46(60)62-29-31-15-13-21-48(2)41(66-48)39-34(19-17-31)36(44(58)64-39)27-52(5)25-32(42(55)56)24-37(53)54/h14-15,24,33-36,38-41H,6-13,16-23,25-29H2,1-5H3,(H,49,59)(H,50,60)(H,53,54)(H,55,56)/b30-14+,31-15+,32-24+/t33-,34-,35?,36?,38-,39-,40-,41-,47+,48+/m0/s1. The quantitative estimate of drug-likeness (QED) is 0.0296. The minimum absolute atomic E-state index is 0.0511. The fourth-order valence-corrected chi connectivity index (χ4v) is 10.4. The molecule has 0 radical (unpaired) electrons. The van der Waals surface area contributed by atoms with E-state index in [1.165, 1.54) is 0 Å². The van der Waals surface area contributed by atoms with Gasteiger partial charge in [0.05, 0.1) is 28.6 Å². The van der Waals surface area contributed by atoms with Crippen molar-refractivity contribution in [1.29, 1.82) is 0 Å². The van der Waals surface area contributed by atoms with Crippen LogP contribution in [0.5, 0.6) is 0 Å². The van der Waals surface area contributed by atoms with Crippen LogP contribution in [0.4, 0.5) is 9.59 Å². The van der Waals surface area contributed by atoms with E-state index in [-0.39, 0.29) is 85.5 Å². The van der Waals surface area contributed by atoms with Crippen LogP contribution in [-0.2, 0) is 47.6 Å². The molecule has 2 unspecified atom stereocenters. The van der Waals surface area contributed by atoms with Crippen LogP contribution in [0.2, 0.25) is 0 Å². The van der Waals surface area contributed by atoms with Crippen molar-refractivity contribution in [1.82, 2.24) is 20.4 Å². The highest BCUT2D eigenvalue weighted by Gasteiger charge is 2.64. The lowest BCUT2D eigenvalue weighted by Crippen LogP contribution is -2.36. The topological polar surface area (TPSA) is 235 Å². The van der Waals surface area contributed by atoms with E-state index in [9.17, 15) is 33.9 Å². The monoisotopic (exact) mass is 929 g/mol. The molecule has 4 fully saturated rings. The number of epoxide rings is 2. The van der Waals surface area contributed by atoms with Crippen molar-refractivity contribution < 1.29 is 67.4 Å². The molecule has 0 aromatic rings. The van der Waals surface area contributed by atoms with Gasteiger partial charge in [-0.1, -0.05) is 37.8 Å². The Morgan fingerprint density at radius 1 is 0.727 bits per heavy atom. The number of carboxylic acids is 2. The van der Waals surface area contributed by atoms with Gasteiger partial charge in [0.1, 0.15) is 37.6 Å². The molecule has 4 aliphatic heterocycles. The Morgan fingerprint density at radius 3 is 1.62 bits per heavy atom. The number of aliphatic carboxylic acids is 2. The maximum absolute atomic E-state index is 13.2. The summed E-state index contributed by atoms with van der Waals surface area (Å²) in [6.45, 7) is 6.07. The van der Waals surface area contributed by atoms with E-state index in [1.54, 1.807) is 11.9 Å². The van der Waals surface area contributed by atoms with E-state index >= 15 is 0 Å². The average Bonchev–Trinajstić information content (AvgIpc) is 4.05. The number of hydrogen-bond acceptors (Lipinski definition) is 14. The predicted octanol–water partition coefficient (Wildman–Crippen LogP) is 5.00. The molecule has 10 atom stereocenters. The molecule has 0 aromatic carbocycles. The smallest absolute Gasteiger partial charge is 0.407 e. The number of hydrogen-bond donors (Lipinski definition) is 4. The third-order valence-corrected chi connectivity index (χ3v) is 14.2. The number of unbranched alkanes of at least 4 members (excludes halogenated alkanes) is 5. The zero-order valence-electron chi connectivity index (χ0n) is 39.4. The van der Waals surface area contributed by atoms with E-state index in [1.807, 2.05) is 25.9 Å². The summed E-state index contributed by atoms with van der Waals surface area (Å²) < 4.78 is 35.2. The molecule has 2 aliphatic carbocycles. The van der Waals surface area contributed by atoms with Gasteiger partial charge in [-0.25, -0.2) is 19.2 Å². The number of rotatable bonds is 21. The van der Waals surface area contributed by atoms with Gasteiger partial charge < -0.3 is 59.1 Å². The van der Waals surface area contributed by atoms with Gasteiger partial charge in [-0.15, -0.1) is 0 Å². The second kappa shape index (κ2) is 23.0. The van der Waals surface area contributed by atoms with Crippen LogP contribution in [0.1, 0.15) is 104 Å². The fraction of sp³-hybridized carbons (Fsp3) is 0.750. The summed E-state index contributed by atoms with van der Waals surface area (Å²) in [7, 11) is 5.57. The first-order chi connectivity index (χ1) is 31.5. The Kier molecular flexibility index (Phi) is 17.7. The van der Waals surface area contributed by atoms with Crippen molar-refractivity contribution in [2.24, 2.45) is 23.7 Å². The highest BCUT2D eigenvalue weighted by molar-refractivity contribution is 5.95. The number of esters is 2. The van der Waals surface area contributed by atoms with Crippen molar-refractivity contribution in [3.8, 4) is 0 Å². The molecular formula is C48H72N4O14. The number of ether oxygens (including phenoxy) is 6. The summed E-state index contributed by atoms with van der Waals surface area (Å²) in [6.07, 6.45) is 14.2. The molecule has 0 aromatic heterocycles. The summed E-state index contributed by atoms with van der Waals surface area (Å²) in [5, 5.41) is 24.3. The molecule has 66 heavy (non-hydrogen) atoms. The van der Waals surface area contributed by atoms with Crippen molar-refractivity contribution in [2.45, 2.75) is 139 Å². The van der Waals surface area contributed by atoms with E-state index < -0.39 is 41.7 Å². The summed E-state index contributed by atoms with van der Waals surface area (Å²) in [5.41, 5.74) is 0.944. The first-order valence-electron chi connectivity index (χ1n) is 23.9. The number of amides is 2. The number of nitrogens with one attached hydrogen (secondary N) is 2. The lowest BCUT2D eigenvalue weighted by atomic mass is 9.80. The largest absolute Gasteiger partial charge is 0.478 e. The maximum atomic E-state index is 13.2. The maximum Gasteiger partial charge on any atom is 0.407 e. The van der Waals surface area contributed by atoms with Crippen molar-refractivity contribution in [3.05, 3.63) is 34.9 Å². The predicted molar refractivity (Wildman–Crippen MR) is 239 cm³/mol. The van der Waals surface area contributed by atoms with E-state index in [4.69, 9.17) is 33.5 Å². The lowest BCUT2D eigenvalue weighted by molar-refractivity contribution is -0.146. The Morgan fingerprint density at radius 2 is 1.18 bits per heavy atom. The number of nitrogens with zero attached hydrogens (tertiary/aromatic N) is 2. The van der Waals surface area contributed by atoms with Crippen LogP contribution < -0.4 is 10.6 Å². The molecule has 4 N–H and O–H groups in total. The van der Waals surface area contributed by atoms with Crippen molar-refractivity contribution in [2.75, 3.05) is 67.1 Å². The normalized spacial score (nSPS) is 33.3. The zero-order chi connectivity index (χ0) is 47.6. The van der Waals surface area contributed by atoms with Crippen LogP contribution in [0.15, 0.2) is 34.9 Å². The molecule has 6 aliphatic rings. The summed E-state index contributed by atoms with van der Waals surface area (Å²) >= 11 is 0. The molecule has 0 saturated carbocycles. The van der Waals surface area contributed by atoms with Crippen molar-refractivity contribution in [3.63, 3.8) is 0 Å². The van der Waals surface area contributed by atoms with Gasteiger partial charge in [-0.2, -0.15) is 0 Å². The molecule has 368 valence electrons. The summed E-state index contributed by atoms with van der Waals surface area (Å²) in [5.74, 6) is -4.19. The van der Waals surface area contributed by atoms with Crippen LogP contribution >= 0.6 is 0 Å². The molecule has 6 rings (SSSR count). The van der Waals surface area contributed by atoms with Gasteiger partial charge in [0, 0.05) is 50.6 Å². The van der Waals surface area contributed by atoms with Gasteiger partial charge in [0.25, 0.3) is 0 Å². The van der Waals surface area contributed by atoms with Crippen molar-refractivity contribution >= 4 is 36.1 Å². The highest BCUT2D eigenvalue weighted by atomic mass is 16.7. The first kappa shape index (κ1) is 50.9. The Balaban J connectivity index is 0.827. The van der Waals surface area contributed by atoms with Crippen LogP contribution in [-0.4, -0.2) is 159 Å². The molecule has 4 saturated heterocycles. The number of likely N-dealkylation sites (N-methyl/N-ethyl adjacent to an activating group) is 1. The minimum Gasteiger partial charge on any atom is -0.478 e. The van der Waals surface area contributed by atoms with Crippen LogP contribution in [0.3, 0.4) is 0 Å².